The molecule has 0 bridgehead atoms. The van der Waals surface area contributed by atoms with Gasteiger partial charge in [-0.3, -0.25) is 14.9 Å². The highest BCUT2D eigenvalue weighted by Gasteiger charge is 2.15. The summed E-state index contributed by atoms with van der Waals surface area (Å²) in [4.78, 5) is 21.5. The molecule has 1 N–H and O–H groups in total. The van der Waals surface area contributed by atoms with Crippen molar-refractivity contribution < 1.29 is 24.0 Å². The molecule has 7 nitrogen and oxygen atoms in total. The molecule has 0 aliphatic rings. The van der Waals surface area contributed by atoms with Crippen molar-refractivity contribution in [3.63, 3.8) is 0 Å². The number of allylic oxidation sites excluding steroid dienone is 1. The first-order valence-corrected chi connectivity index (χ1v) is 5.85. The summed E-state index contributed by atoms with van der Waals surface area (Å²) in [5.74, 6) is -0.849. The van der Waals surface area contributed by atoms with Gasteiger partial charge in [0.25, 0.3) is 0 Å². The Labute approximate surface area is 119 Å². The van der Waals surface area contributed by atoms with Gasteiger partial charge in [-0.25, -0.2) is 0 Å². The lowest BCUT2D eigenvalue weighted by Crippen LogP contribution is -1.91. The highest BCUT2D eigenvalue weighted by atomic mass is 16.6. The van der Waals surface area contributed by atoms with Gasteiger partial charge < -0.3 is 14.3 Å². The number of nitro groups is 1. The molecule has 1 aromatic heterocycles. The average Bonchev–Trinajstić information content (AvgIpc) is 2.96. The molecule has 2 aromatic rings. The fourth-order valence-corrected chi connectivity index (χ4v) is 1.61. The molecule has 0 aliphatic heterocycles. The van der Waals surface area contributed by atoms with Crippen molar-refractivity contribution in [1.29, 1.82) is 0 Å². The first kappa shape index (κ1) is 14.3. The van der Waals surface area contributed by atoms with Crippen molar-refractivity contribution in [2.24, 2.45) is 0 Å². The Bertz CT molecular complexity index is 716. The molecule has 0 atom stereocenters. The summed E-state index contributed by atoms with van der Waals surface area (Å²) >= 11 is 0. The van der Waals surface area contributed by atoms with Gasteiger partial charge >= 0.3 is 5.88 Å². The normalized spacial score (nSPS) is 10.7. The second kappa shape index (κ2) is 5.91. The van der Waals surface area contributed by atoms with E-state index in [-0.39, 0.29) is 17.3 Å². The summed E-state index contributed by atoms with van der Waals surface area (Å²) in [7, 11) is 1.41. The number of carbonyl (C=O) groups excluding carboxylic acids is 1. The number of benzene rings is 1. The molecular weight excluding hydrogens is 278 g/mol. The van der Waals surface area contributed by atoms with E-state index in [1.165, 1.54) is 31.4 Å². The molecule has 0 aliphatic carbocycles. The standard InChI is InChI=1S/C14H11NO6/c1-20-13-8-9(3-5-11(13)17)2-4-10(16)12-6-7-14(21-12)15(18)19/h2-8,17H,1H3. The van der Waals surface area contributed by atoms with Gasteiger partial charge in [-0.15, -0.1) is 0 Å². The van der Waals surface area contributed by atoms with Gasteiger partial charge in [-0.2, -0.15) is 0 Å². The molecule has 7 heteroatoms. The largest absolute Gasteiger partial charge is 0.504 e. The van der Waals surface area contributed by atoms with Gasteiger partial charge in [0.05, 0.1) is 13.2 Å². The van der Waals surface area contributed by atoms with E-state index in [9.17, 15) is 20.0 Å². The molecule has 1 aromatic carbocycles. The van der Waals surface area contributed by atoms with Gasteiger partial charge in [0, 0.05) is 0 Å². The van der Waals surface area contributed by atoms with E-state index < -0.39 is 16.6 Å². The third kappa shape index (κ3) is 3.27. The van der Waals surface area contributed by atoms with Gasteiger partial charge in [0.15, 0.2) is 17.3 Å². The van der Waals surface area contributed by atoms with Crippen molar-refractivity contribution in [1.82, 2.24) is 0 Å². The molecule has 108 valence electrons. The highest BCUT2D eigenvalue weighted by molar-refractivity contribution is 6.05. The van der Waals surface area contributed by atoms with Crippen molar-refractivity contribution in [2.45, 2.75) is 0 Å². The summed E-state index contributed by atoms with van der Waals surface area (Å²) in [5, 5.41) is 19.9. The number of hydrogen-bond donors (Lipinski definition) is 1. The Balaban J connectivity index is 2.16. The topological polar surface area (TPSA) is 103 Å². The molecular formula is C14H11NO6. The number of ether oxygens (including phenoxy) is 1. The predicted molar refractivity (Wildman–Crippen MR) is 73.4 cm³/mol. The van der Waals surface area contributed by atoms with Crippen molar-refractivity contribution in [3.05, 3.63) is 57.8 Å². The lowest BCUT2D eigenvalue weighted by atomic mass is 10.1. The van der Waals surface area contributed by atoms with E-state index >= 15 is 0 Å². The SMILES string of the molecule is COc1cc(C=CC(=O)c2ccc([N+](=O)[O-])o2)ccc1O. The summed E-state index contributed by atoms with van der Waals surface area (Å²) < 4.78 is 9.74. The smallest absolute Gasteiger partial charge is 0.433 e. The van der Waals surface area contributed by atoms with Crippen LogP contribution < -0.4 is 4.74 Å². The first-order valence-electron chi connectivity index (χ1n) is 5.85. The molecule has 0 saturated carbocycles. The summed E-state index contributed by atoms with van der Waals surface area (Å²) in [6.07, 6.45) is 2.70. The third-order valence-electron chi connectivity index (χ3n) is 2.65. The fourth-order valence-electron chi connectivity index (χ4n) is 1.61. The number of carbonyl (C=O) groups is 1. The van der Waals surface area contributed by atoms with E-state index in [2.05, 4.69) is 0 Å². The lowest BCUT2D eigenvalue weighted by Gasteiger charge is -2.03. The molecule has 0 saturated heterocycles. The minimum Gasteiger partial charge on any atom is -0.504 e. The molecule has 0 unspecified atom stereocenters. The third-order valence-corrected chi connectivity index (χ3v) is 2.65. The summed E-state index contributed by atoms with van der Waals surface area (Å²) in [6, 6.07) is 6.92. The van der Waals surface area contributed by atoms with Crippen LogP contribution >= 0.6 is 0 Å². The fraction of sp³-hybridized carbons (Fsp3) is 0.0714. The zero-order valence-electron chi connectivity index (χ0n) is 11.0. The van der Waals surface area contributed by atoms with Crippen LogP contribution in [0.3, 0.4) is 0 Å². The van der Waals surface area contributed by atoms with Crippen LogP contribution in [0.4, 0.5) is 5.88 Å². The minimum absolute atomic E-state index is 0.0114. The Morgan fingerprint density at radius 3 is 2.76 bits per heavy atom. The second-order valence-corrected chi connectivity index (χ2v) is 4.02. The Morgan fingerprint density at radius 2 is 2.14 bits per heavy atom. The maximum atomic E-state index is 11.8. The van der Waals surface area contributed by atoms with Crippen LogP contribution in [0.2, 0.25) is 0 Å². The number of phenols is 1. The van der Waals surface area contributed by atoms with E-state index in [1.807, 2.05) is 0 Å². The quantitative estimate of drug-likeness (QED) is 0.393. The predicted octanol–water partition coefficient (Wildman–Crippen LogP) is 2.80. The summed E-state index contributed by atoms with van der Waals surface area (Å²) in [5.41, 5.74) is 0.624. The molecule has 0 fully saturated rings. The van der Waals surface area contributed by atoms with Crippen LogP contribution in [0.25, 0.3) is 6.08 Å². The molecule has 21 heavy (non-hydrogen) atoms. The number of nitrogens with zero attached hydrogens (tertiary/aromatic N) is 1. The number of phenolic OH excluding ortho intramolecular Hbond substituents is 1. The van der Waals surface area contributed by atoms with E-state index in [0.29, 0.717) is 5.56 Å². The van der Waals surface area contributed by atoms with Crippen LogP contribution in [0.5, 0.6) is 11.5 Å². The van der Waals surface area contributed by atoms with Crippen LogP contribution in [0.15, 0.2) is 40.8 Å². The maximum absolute atomic E-state index is 11.8. The summed E-state index contributed by atoms with van der Waals surface area (Å²) in [6.45, 7) is 0. The number of methoxy groups -OCH3 is 1. The molecule has 2 rings (SSSR count). The molecule has 0 spiro atoms. The van der Waals surface area contributed by atoms with E-state index in [0.717, 1.165) is 6.07 Å². The molecule has 0 radical (unpaired) electrons. The van der Waals surface area contributed by atoms with E-state index in [4.69, 9.17) is 9.15 Å². The number of ketones is 1. The number of aromatic hydroxyl groups is 1. The van der Waals surface area contributed by atoms with Crippen molar-refractivity contribution in [2.75, 3.05) is 7.11 Å². The average molecular weight is 289 g/mol. The number of rotatable bonds is 5. The zero-order valence-corrected chi connectivity index (χ0v) is 11.0. The van der Waals surface area contributed by atoms with Gasteiger partial charge in [-0.05, 0) is 29.8 Å². The van der Waals surface area contributed by atoms with Gasteiger partial charge in [-0.1, -0.05) is 12.1 Å². The Morgan fingerprint density at radius 1 is 1.38 bits per heavy atom. The van der Waals surface area contributed by atoms with Crippen LogP contribution in [-0.4, -0.2) is 22.9 Å². The molecule has 0 amide bonds. The first-order chi connectivity index (χ1) is 10.0. The Hall–Kier alpha value is -3.09. The van der Waals surface area contributed by atoms with Gasteiger partial charge in [0.2, 0.25) is 5.78 Å². The van der Waals surface area contributed by atoms with Crippen LogP contribution in [-0.2, 0) is 0 Å². The van der Waals surface area contributed by atoms with Crippen LogP contribution in [0.1, 0.15) is 16.1 Å². The maximum Gasteiger partial charge on any atom is 0.433 e. The van der Waals surface area contributed by atoms with Crippen molar-refractivity contribution >= 4 is 17.7 Å². The van der Waals surface area contributed by atoms with Gasteiger partial charge in [0.1, 0.15) is 4.92 Å². The van der Waals surface area contributed by atoms with E-state index in [1.54, 1.807) is 12.1 Å². The second-order valence-electron chi connectivity index (χ2n) is 4.02. The lowest BCUT2D eigenvalue weighted by molar-refractivity contribution is -0.402. The monoisotopic (exact) mass is 289 g/mol. The highest BCUT2D eigenvalue weighted by Crippen LogP contribution is 2.26. The zero-order chi connectivity index (χ0) is 15.4. The Kier molecular flexibility index (Phi) is 4.03. The molecule has 1 heterocycles. The number of furan rings is 1. The van der Waals surface area contributed by atoms with Crippen molar-refractivity contribution in [3.8, 4) is 11.5 Å². The number of hydrogen-bond acceptors (Lipinski definition) is 6. The minimum atomic E-state index is -0.717. The van der Waals surface area contributed by atoms with Crippen LogP contribution in [0, 0.1) is 10.1 Å².